The van der Waals surface area contributed by atoms with Crippen molar-refractivity contribution in [2.75, 3.05) is 0 Å². The molecule has 0 unspecified atom stereocenters. The lowest BCUT2D eigenvalue weighted by atomic mass is 10.2. The molecule has 0 aliphatic heterocycles. The minimum absolute atomic E-state index is 0.0741. The molecular formula is C15H14O5. The van der Waals surface area contributed by atoms with E-state index in [-0.39, 0.29) is 11.3 Å². The van der Waals surface area contributed by atoms with Crippen molar-refractivity contribution < 1.29 is 24.9 Å². The topological polar surface area (TPSA) is 94.8 Å². The predicted octanol–water partition coefficient (Wildman–Crippen LogP) is 2.78. The molecule has 0 saturated heterocycles. The summed E-state index contributed by atoms with van der Waals surface area (Å²) in [7, 11) is 0. The fourth-order valence-corrected chi connectivity index (χ4v) is 1.30. The van der Waals surface area contributed by atoms with Crippen molar-refractivity contribution in [1.29, 1.82) is 0 Å². The zero-order valence-electron chi connectivity index (χ0n) is 10.8. The van der Waals surface area contributed by atoms with Gasteiger partial charge in [-0.2, -0.15) is 0 Å². The van der Waals surface area contributed by atoms with Crippen LogP contribution < -0.4 is 0 Å². The number of aryl methyl sites for hydroxylation is 1. The molecule has 2 aromatic carbocycles. The molecule has 0 heterocycles. The second-order valence-corrected chi connectivity index (χ2v) is 4.02. The molecule has 5 heteroatoms. The Morgan fingerprint density at radius 3 is 1.45 bits per heavy atom. The van der Waals surface area contributed by atoms with Crippen molar-refractivity contribution in [2.24, 2.45) is 0 Å². The van der Waals surface area contributed by atoms with E-state index in [2.05, 4.69) is 0 Å². The van der Waals surface area contributed by atoms with E-state index < -0.39 is 11.9 Å². The Morgan fingerprint density at radius 2 is 1.10 bits per heavy atom. The van der Waals surface area contributed by atoms with Gasteiger partial charge in [-0.3, -0.25) is 0 Å². The molecule has 3 N–H and O–H groups in total. The summed E-state index contributed by atoms with van der Waals surface area (Å²) in [5.41, 5.74) is 1.59. The van der Waals surface area contributed by atoms with Crippen LogP contribution in [0.2, 0.25) is 0 Å². The summed E-state index contributed by atoms with van der Waals surface area (Å²) in [6, 6.07) is 12.1. The van der Waals surface area contributed by atoms with Gasteiger partial charge in [-0.15, -0.1) is 0 Å². The lowest BCUT2D eigenvalue weighted by Gasteiger charge is -1.92. The third-order valence-corrected chi connectivity index (χ3v) is 2.41. The highest BCUT2D eigenvalue weighted by Gasteiger charge is 1.99. The van der Waals surface area contributed by atoms with Gasteiger partial charge in [0.1, 0.15) is 5.75 Å². The lowest BCUT2D eigenvalue weighted by molar-refractivity contribution is 0.0686. The Hall–Kier alpha value is -2.82. The highest BCUT2D eigenvalue weighted by molar-refractivity contribution is 5.88. The molecule has 2 aromatic rings. The summed E-state index contributed by atoms with van der Waals surface area (Å²) >= 11 is 0. The van der Waals surface area contributed by atoms with E-state index >= 15 is 0 Å². The molecule has 0 radical (unpaired) electrons. The fraction of sp³-hybridized carbons (Fsp3) is 0.0667. The highest BCUT2D eigenvalue weighted by Crippen LogP contribution is 2.08. The molecule has 0 fully saturated rings. The Labute approximate surface area is 115 Å². The third-order valence-electron chi connectivity index (χ3n) is 2.41. The van der Waals surface area contributed by atoms with Gasteiger partial charge in [-0.05, 0) is 43.3 Å². The minimum atomic E-state index is -0.986. The molecular weight excluding hydrogens is 260 g/mol. The van der Waals surface area contributed by atoms with Crippen LogP contribution in [0.25, 0.3) is 0 Å². The SMILES string of the molecule is Cc1ccc(C(=O)O)cc1.O=C(O)c1ccc(O)cc1. The number of carboxylic acid groups (broad SMARTS) is 2. The van der Waals surface area contributed by atoms with Gasteiger partial charge >= 0.3 is 11.9 Å². The number of phenols is 1. The number of carbonyl (C=O) groups is 2. The van der Waals surface area contributed by atoms with Gasteiger partial charge in [0.2, 0.25) is 0 Å². The summed E-state index contributed by atoms with van der Waals surface area (Å²) < 4.78 is 0. The number of aromatic hydroxyl groups is 1. The first-order valence-corrected chi connectivity index (χ1v) is 5.72. The number of hydrogen-bond acceptors (Lipinski definition) is 3. The average Bonchev–Trinajstić information content (AvgIpc) is 2.40. The van der Waals surface area contributed by atoms with Crippen molar-refractivity contribution in [3.05, 3.63) is 65.2 Å². The van der Waals surface area contributed by atoms with Gasteiger partial charge in [0.25, 0.3) is 0 Å². The number of hydrogen-bond donors (Lipinski definition) is 3. The largest absolute Gasteiger partial charge is 0.508 e. The maximum atomic E-state index is 10.3. The number of aromatic carboxylic acids is 2. The zero-order chi connectivity index (χ0) is 15.1. The van der Waals surface area contributed by atoms with Crippen LogP contribution >= 0.6 is 0 Å². The van der Waals surface area contributed by atoms with Gasteiger partial charge in [0.05, 0.1) is 11.1 Å². The zero-order valence-corrected chi connectivity index (χ0v) is 10.8. The summed E-state index contributed by atoms with van der Waals surface area (Å²) in [5, 5.41) is 25.6. The van der Waals surface area contributed by atoms with E-state index in [4.69, 9.17) is 15.3 Å². The van der Waals surface area contributed by atoms with E-state index in [9.17, 15) is 9.59 Å². The van der Waals surface area contributed by atoms with Gasteiger partial charge in [-0.25, -0.2) is 9.59 Å². The molecule has 0 aliphatic rings. The van der Waals surface area contributed by atoms with Crippen LogP contribution in [0.1, 0.15) is 26.3 Å². The summed E-state index contributed by atoms with van der Waals surface area (Å²) in [6.07, 6.45) is 0. The Bertz CT molecular complexity index is 529. The average molecular weight is 274 g/mol. The van der Waals surface area contributed by atoms with E-state index in [0.717, 1.165) is 5.56 Å². The molecule has 0 aliphatic carbocycles. The minimum Gasteiger partial charge on any atom is -0.508 e. The number of rotatable bonds is 2. The smallest absolute Gasteiger partial charge is 0.335 e. The second kappa shape index (κ2) is 6.94. The molecule has 0 spiro atoms. The standard InChI is InChI=1S/C8H8O2.C7H6O3/c1-6-2-4-7(5-3-6)8(9)10;8-6-3-1-5(2-4-6)7(9)10/h2-5H,1H3,(H,9,10);1-4,8H,(H,9,10). The second-order valence-electron chi connectivity index (χ2n) is 4.02. The Balaban J connectivity index is 0.000000200. The van der Waals surface area contributed by atoms with E-state index in [1.165, 1.54) is 24.3 Å². The predicted molar refractivity (Wildman–Crippen MR) is 73.2 cm³/mol. The van der Waals surface area contributed by atoms with Gasteiger partial charge in [0.15, 0.2) is 0 Å². The van der Waals surface area contributed by atoms with Crippen molar-refractivity contribution >= 4 is 11.9 Å². The maximum Gasteiger partial charge on any atom is 0.335 e. The van der Waals surface area contributed by atoms with Crippen LogP contribution in [0.15, 0.2) is 48.5 Å². The quantitative estimate of drug-likeness (QED) is 0.782. The third kappa shape index (κ3) is 4.81. The highest BCUT2D eigenvalue weighted by atomic mass is 16.4. The molecule has 20 heavy (non-hydrogen) atoms. The first-order valence-electron chi connectivity index (χ1n) is 5.72. The molecule has 0 amide bonds. The van der Waals surface area contributed by atoms with Crippen LogP contribution in [0.5, 0.6) is 5.75 Å². The Morgan fingerprint density at radius 1 is 0.750 bits per heavy atom. The van der Waals surface area contributed by atoms with E-state index in [0.29, 0.717) is 5.56 Å². The van der Waals surface area contributed by atoms with Crippen LogP contribution in [0.3, 0.4) is 0 Å². The first-order chi connectivity index (χ1) is 9.40. The number of benzene rings is 2. The monoisotopic (exact) mass is 274 g/mol. The molecule has 104 valence electrons. The molecule has 0 atom stereocenters. The summed E-state index contributed by atoms with van der Waals surface area (Å²) in [4.78, 5) is 20.5. The van der Waals surface area contributed by atoms with Gasteiger partial charge in [0, 0.05) is 0 Å². The fourth-order valence-electron chi connectivity index (χ4n) is 1.30. The van der Waals surface area contributed by atoms with Gasteiger partial charge < -0.3 is 15.3 Å². The Kier molecular flexibility index (Phi) is 5.29. The summed E-state index contributed by atoms with van der Waals surface area (Å²) in [5.74, 6) is -1.79. The lowest BCUT2D eigenvalue weighted by Crippen LogP contribution is -1.94. The van der Waals surface area contributed by atoms with Crippen molar-refractivity contribution in [2.45, 2.75) is 6.92 Å². The van der Waals surface area contributed by atoms with Crippen molar-refractivity contribution in [3.8, 4) is 5.75 Å². The normalized spacial score (nSPS) is 9.25. The summed E-state index contributed by atoms with van der Waals surface area (Å²) in [6.45, 7) is 1.92. The molecule has 0 saturated carbocycles. The first kappa shape index (κ1) is 15.2. The molecule has 5 nitrogen and oxygen atoms in total. The molecule has 0 aromatic heterocycles. The van der Waals surface area contributed by atoms with Gasteiger partial charge in [-0.1, -0.05) is 17.7 Å². The van der Waals surface area contributed by atoms with Crippen molar-refractivity contribution in [1.82, 2.24) is 0 Å². The number of carboxylic acids is 2. The number of phenolic OH excluding ortho intramolecular Hbond substituents is 1. The van der Waals surface area contributed by atoms with E-state index in [1.54, 1.807) is 24.3 Å². The van der Waals surface area contributed by atoms with Crippen LogP contribution in [-0.2, 0) is 0 Å². The van der Waals surface area contributed by atoms with Crippen molar-refractivity contribution in [3.63, 3.8) is 0 Å². The van der Waals surface area contributed by atoms with E-state index in [1.807, 2.05) is 6.92 Å². The molecule has 0 bridgehead atoms. The van der Waals surface area contributed by atoms with Crippen LogP contribution in [0, 0.1) is 6.92 Å². The van der Waals surface area contributed by atoms with Crippen LogP contribution in [0.4, 0.5) is 0 Å². The maximum absolute atomic E-state index is 10.3. The molecule has 2 rings (SSSR count). The van der Waals surface area contributed by atoms with Crippen LogP contribution in [-0.4, -0.2) is 27.3 Å².